The van der Waals surface area contributed by atoms with Gasteiger partial charge in [-0.05, 0) is 67.2 Å². The molecule has 0 spiro atoms. The van der Waals surface area contributed by atoms with Crippen LogP contribution in [0.2, 0.25) is 10.0 Å². The summed E-state index contributed by atoms with van der Waals surface area (Å²) in [5.74, 6) is -0.989. The molecular formula is C31H26BrCl2F3N4O2. The molecule has 0 aliphatic heterocycles. The number of rotatable bonds is 10. The molecule has 0 fully saturated rings. The zero-order valence-corrected chi connectivity index (χ0v) is 25.9. The van der Waals surface area contributed by atoms with Crippen LogP contribution in [0.1, 0.15) is 33.6 Å². The molecule has 0 saturated heterocycles. The molecule has 2 amide bonds. The Kier molecular flexibility index (Phi) is 10.5. The van der Waals surface area contributed by atoms with E-state index < -0.39 is 23.6 Å². The topological polar surface area (TPSA) is 88.3 Å². The van der Waals surface area contributed by atoms with Gasteiger partial charge in [0.05, 0.1) is 17.0 Å². The second kappa shape index (κ2) is 13.9. The summed E-state index contributed by atoms with van der Waals surface area (Å²) in [5.41, 5.74) is 8.63. The first-order valence-electron chi connectivity index (χ1n) is 13.0. The molecule has 12 heteroatoms. The predicted octanol–water partition coefficient (Wildman–Crippen LogP) is 7.74. The van der Waals surface area contributed by atoms with Crippen LogP contribution in [0.25, 0.3) is 22.4 Å². The van der Waals surface area contributed by atoms with Crippen LogP contribution in [0, 0.1) is 0 Å². The van der Waals surface area contributed by atoms with E-state index in [-0.39, 0.29) is 18.5 Å². The third kappa shape index (κ3) is 8.57. The summed E-state index contributed by atoms with van der Waals surface area (Å²) in [6.07, 6.45) is -4.36. The maximum absolute atomic E-state index is 13.0. The highest BCUT2D eigenvalue weighted by Crippen LogP contribution is 2.38. The zero-order chi connectivity index (χ0) is 31.3. The third-order valence-corrected chi connectivity index (χ3v) is 7.68. The van der Waals surface area contributed by atoms with E-state index in [9.17, 15) is 22.8 Å². The van der Waals surface area contributed by atoms with Gasteiger partial charge in [0, 0.05) is 62.8 Å². The monoisotopic (exact) mass is 692 g/mol. The molecule has 1 heterocycles. The summed E-state index contributed by atoms with van der Waals surface area (Å²) in [6.45, 7) is 0.717. The lowest BCUT2D eigenvalue weighted by molar-refractivity contribution is -0.137. The maximum atomic E-state index is 13.0. The van der Waals surface area contributed by atoms with Crippen molar-refractivity contribution in [2.24, 2.45) is 5.73 Å². The van der Waals surface area contributed by atoms with Gasteiger partial charge in [-0.15, -0.1) is 0 Å². The number of benzene rings is 3. The predicted molar refractivity (Wildman–Crippen MR) is 166 cm³/mol. The summed E-state index contributed by atoms with van der Waals surface area (Å²) < 4.78 is 39.8. The van der Waals surface area contributed by atoms with Crippen molar-refractivity contribution >= 4 is 50.9 Å². The second-order valence-electron chi connectivity index (χ2n) is 9.83. The summed E-state index contributed by atoms with van der Waals surface area (Å²) in [5, 5.41) is 3.66. The number of hydrogen-bond acceptors (Lipinski definition) is 4. The number of amides is 2. The molecule has 0 aliphatic carbocycles. The van der Waals surface area contributed by atoms with Crippen molar-refractivity contribution in [2.75, 3.05) is 13.6 Å². The van der Waals surface area contributed by atoms with Crippen molar-refractivity contribution in [3.05, 3.63) is 110 Å². The molecule has 4 aromatic rings. The molecule has 43 heavy (non-hydrogen) atoms. The molecule has 3 N–H and O–H groups in total. The third-order valence-electron chi connectivity index (χ3n) is 6.60. The van der Waals surface area contributed by atoms with Crippen LogP contribution in [-0.2, 0) is 24.1 Å². The van der Waals surface area contributed by atoms with E-state index in [0.29, 0.717) is 51.2 Å². The van der Waals surface area contributed by atoms with Gasteiger partial charge in [-0.25, -0.2) is 0 Å². The van der Waals surface area contributed by atoms with E-state index in [1.807, 2.05) is 42.3 Å². The van der Waals surface area contributed by atoms with Crippen LogP contribution in [0.15, 0.2) is 77.3 Å². The van der Waals surface area contributed by atoms with Gasteiger partial charge in [0.25, 0.3) is 5.91 Å². The lowest BCUT2D eigenvalue weighted by Crippen LogP contribution is -2.27. The summed E-state index contributed by atoms with van der Waals surface area (Å²) in [4.78, 5) is 31.2. The summed E-state index contributed by atoms with van der Waals surface area (Å²) in [7, 11) is 1.82. The highest BCUT2D eigenvalue weighted by molar-refractivity contribution is 9.10. The van der Waals surface area contributed by atoms with E-state index in [0.717, 1.165) is 34.3 Å². The molecule has 6 nitrogen and oxygen atoms in total. The number of nitrogens with one attached hydrogen (secondary N) is 1. The molecule has 4 rings (SSSR count). The minimum absolute atomic E-state index is 0.0185. The molecule has 0 saturated carbocycles. The van der Waals surface area contributed by atoms with Gasteiger partial charge in [-0.3, -0.25) is 14.6 Å². The minimum Gasteiger partial charge on any atom is -0.370 e. The Balaban J connectivity index is 1.77. The largest absolute Gasteiger partial charge is 0.416 e. The highest BCUT2D eigenvalue weighted by Gasteiger charge is 2.30. The van der Waals surface area contributed by atoms with Gasteiger partial charge in [0.2, 0.25) is 5.91 Å². The molecule has 0 aliphatic rings. The van der Waals surface area contributed by atoms with Gasteiger partial charge in [0.1, 0.15) is 0 Å². The van der Waals surface area contributed by atoms with Gasteiger partial charge in [-0.1, -0.05) is 57.3 Å². The Labute approximate surface area is 265 Å². The van der Waals surface area contributed by atoms with Crippen molar-refractivity contribution in [1.82, 2.24) is 15.2 Å². The molecule has 0 radical (unpaired) electrons. The maximum Gasteiger partial charge on any atom is 0.416 e. The Morgan fingerprint density at radius 1 is 0.977 bits per heavy atom. The summed E-state index contributed by atoms with van der Waals surface area (Å²) in [6, 6.07) is 18.6. The van der Waals surface area contributed by atoms with E-state index in [1.54, 1.807) is 18.2 Å². The van der Waals surface area contributed by atoms with Gasteiger partial charge < -0.3 is 16.0 Å². The number of pyridine rings is 1. The number of nitrogens with two attached hydrogens (primary N) is 1. The van der Waals surface area contributed by atoms with Crippen molar-refractivity contribution in [2.45, 2.75) is 25.7 Å². The lowest BCUT2D eigenvalue weighted by atomic mass is 9.96. The highest BCUT2D eigenvalue weighted by atomic mass is 79.9. The van der Waals surface area contributed by atoms with E-state index in [4.69, 9.17) is 33.9 Å². The Hall–Kier alpha value is -3.44. The van der Waals surface area contributed by atoms with E-state index in [1.165, 1.54) is 0 Å². The molecule has 1 aromatic heterocycles. The molecule has 3 aromatic carbocycles. The smallest absolute Gasteiger partial charge is 0.370 e. The Morgan fingerprint density at radius 3 is 2.26 bits per heavy atom. The standard InChI is InChI=1S/C31H26BrCl2F3N4O2/c1-41(13-12-28(38)42)17-27-20(16-39-30(43)19-2-6-21(7-3-19)31(35,36)37)14-25(24-11-10-23(33)15-26(24)34)29(40-27)18-4-8-22(32)9-5-18/h2-11,14-15H,12-13,16-17H2,1H3,(H2,38,42)(H,39,43). The molecule has 224 valence electrons. The van der Waals surface area contributed by atoms with Gasteiger partial charge in [-0.2, -0.15) is 13.2 Å². The van der Waals surface area contributed by atoms with Crippen LogP contribution in [0.5, 0.6) is 0 Å². The van der Waals surface area contributed by atoms with E-state index >= 15 is 0 Å². The molecule has 0 bridgehead atoms. The SMILES string of the molecule is CN(CCC(N)=O)Cc1nc(-c2ccc(Br)cc2)c(-c2ccc(Cl)cc2Cl)cc1CNC(=O)c1ccc(C(F)(F)F)cc1. The first-order chi connectivity index (χ1) is 20.3. The van der Waals surface area contributed by atoms with Crippen molar-refractivity contribution in [3.63, 3.8) is 0 Å². The van der Waals surface area contributed by atoms with Crippen LogP contribution in [0.4, 0.5) is 13.2 Å². The number of aromatic nitrogens is 1. The average molecular weight is 694 g/mol. The van der Waals surface area contributed by atoms with Gasteiger partial charge in [0.15, 0.2) is 0 Å². The fourth-order valence-corrected chi connectivity index (χ4v) is 5.12. The van der Waals surface area contributed by atoms with Crippen molar-refractivity contribution < 1.29 is 22.8 Å². The lowest BCUT2D eigenvalue weighted by Gasteiger charge is -2.21. The van der Waals surface area contributed by atoms with Crippen molar-refractivity contribution in [3.8, 4) is 22.4 Å². The van der Waals surface area contributed by atoms with Crippen LogP contribution in [0.3, 0.4) is 0 Å². The first-order valence-corrected chi connectivity index (χ1v) is 14.5. The quantitative estimate of drug-likeness (QED) is 0.178. The number of alkyl halides is 3. The number of hydrogen-bond donors (Lipinski definition) is 2. The van der Waals surface area contributed by atoms with Crippen LogP contribution < -0.4 is 11.1 Å². The number of carbonyl (C=O) groups is 2. The molecule has 0 unspecified atom stereocenters. The average Bonchev–Trinajstić information content (AvgIpc) is 2.95. The second-order valence-corrected chi connectivity index (χ2v) is 11.6. The molecular weight excluding hydrogens is 668 g/mol. The van der Waals surface area contributed by atoms with Crippen LogP contribution in [-0.4, -0.2) is 35.3 Å². The fourth-order valence-electron chi connectivity index (χ4n) is 4.35. The molecule has 0 atom stereocenters. The summed E-state index contributed by atoms with van der Waals surface area (Å²) >= 11 is 16.3. The number of halogens is 6. The Bertz CT molecular complexity index is 1630. The van der Waals surface area contributed by atoms with Crippen molar-refractivity contribution in [1.29, 1.82) is 0 Å². The number of primary amides is 1. The fraction of sp³-hybridized carbons (Fsp3) is 0.194. The van der Waals surface area contributed by atoms with E-state index in [2.05, 4.69) is 21.2 Å². The minimum atomic E-state index is -4.51. The Morgan fingerprint density at radius 2 is 1.65 bits per heavy atom. The number of carbonyl (C=O) groups excluding carboxylic acids is 2. The zero-order valence-electron chi connectivity index (χ0n) is 22.8. The first kappa shape index (κ1) is 32.5. The van der Waals surface area contributed by atoms with Gasteiger partial charge >= 0.3 is 6.18 Å². The normalized spacial score (nSPS) is 11.5. The number of nitrogens with zero attached hydrogens (tertiary/aromatic N) is 2. The van der Waals surface area contributed by atoms with Crippen LogP contribution >= 0.6 is 39.1 Å².